The van der Waals surface area contributed by atoms with Gasteiger partial charge in [0.15, 0.2) is 0 Å². The number of halogens is 3. The summed E-state index contributed by atoms with van der Waals surface area (Å²) in [5, 5.41) is 0. The fraction of sp³-hybridized carbons (Fsp3) is 0.545. The third-order valence-corrected chi connectivity index (χ3v) is 2.37. The van der Waals surface area contributed by atoms with Crippen molar-refractivity contribution in [1.29, 1.82) is 0 Å². The summed E-state index contributed by atoms with van der Waals surface area (Å²) in [6.07, 6.45) is -2.41. The lowest BCUT2D eigenvalue weighted by atomic mass is 10.1. The third-order valence-electron chi connectivity index (χ3n) is 2.37. The highest BCUT2D eigenvalue weighted by atomic mass is 19.4. The monoisotopic (exact) mass is 248 g/mol. The predicted octanol–water partition coefficient (Wildman–Crippen LogP) is 1.89. The summed E-state index contributed by atoms with van der Waals surface area (Å²) < 4.78 is 38.0. The van der Waals surface area contributed by atoms with Crippen LogP contribution in [0.15, 0.2) is 17.1 Å². The molecule has 1 heterocycles. The minimum Gasteiger partial charge on any atom is -0.329 e. The zero-order chi connectivity index (χ0) is 13.1. The average molecular weight is 248 g/mol. The summed E-state index contributed by atoms with van der Waals surface area (Å²) in [6, 6.07) is 0.616. The zero-order valence-electron chi connectivity index (χ0n) is 9.77. The van der Waals surface area contributed by atoms with Gasteiger partial charge in [0.25, 0.3) is 0 Å². The maximum Gasteiger partial charge on any atom is 0.416 e. The molecular weight excluding hydrogens is 233 g/mol. The fourth-order valence-corrected chi connectivity index (χ4v) is 1.56. The Balaban J connectivity index is 2.88. The molecule has 0 saturated carbocycles. The molecule has 0 aromatic carbocycles. The van der Waals surface area contributed by atoms with Gasteiger partial charge in [-0.2, -0.15) is 13.2 Å². The predicted molar refractivity (Wildman–Crippen MR) is 58.9 cm³/mol. The smallest absolute Gasteiger partial charge is 0.329 e. The van der Waals surface area contributed by atoms with Gasteiger partial charge in [-0.15, -0.1) is 0 Å². The molecule has 0 fully saturated rings. The van der Waals surface area contributed by atoms with Gasteiger partial charge in [0, 0.05) is 12.3 Å². The first-order valence-electron chi connectivity index (χ1n) is 5.24. The number of hydrogen-bond acceptors (Lipinski definition) is 2. The summed E-state index contributed by atoms with van der Waals surface area (Å²) in [5.41, 5.74) is -1.42. The molecule has 0 atom stereocenters. The number of aromatic nitrogens is 1. The Bertz CT molecular complexity index is 423. The highest BCUT2D eigenvalue weighted by molar-refractivity contribution is 5.26. The van der Waals surface area contributed by atoms with Crippen LogP contribution in [0.4, 0.5) is 13.2 Å². The van der Waals surface area contributed by atoms with Gasteiger partial charge in [-0.05, 0) is 39.0 Å². The largest absolute Gasteiger partial charge is 0.416 e. The van der Waals surface area contributed by atoms with E-state index in [-0.39, 0.29) is 5.56 Å². The summed E-state index contributed by atoms with van der Waals surface area (Å²) in [6.45, 7) is 0.705. The third kappa shape index (κ3) is 4.22. The van der Waals surface area contributed by atoms with E-state index in [2.05, 4.69) is 4.98 Å². The summed E-state index contributed by atoms with van der Waals surface area (Å²) in [7, 11) is 3.72. The molecule has 0 spiro atoms. The van der Waals surface area contributed by atoms with E-state index >= 15 is 0 Å². The van der Waals surface area contributed by atoms with Crippen molar-refractivity contribution in [3.05, 3.63) is 33.7 Å². The molecule has 1 rings (SSSR count). The Morgan fingerprint density at radius 3 is 2.53 bits per heavy atom. The van der Waals surface area contributed by atoms with E-state index < -0.39 is 17.3 Å². The average Bonchev–Trinajstić information content (AvgIpc) is 2.18. The molecule has 0 bridgehead atoms. The Kier molecular flexibility index (Phi) is 4.34. The van der Waals surface area contributed by atoms with Crippen LogP contribution in [0, 0.1) is 0 Å². The topological polar surface area (TPSA) is 36.1 Å². The van der Waals surface area contributed by atoms with Gasteiger partial charge in [-0.25, -0.2) is 0 Å². The quantitative estimate of drug-likeness (QED) is 0.883. The summed E-state index contributed by atoms with van der Waals surface area (Å²) in [4.78, 5) is 15.1. The second-order valence-electron chi connectivity index (χ2n) is 4.14. The van der Waals surface area contributed by atoms with E-state index in [1.54, 1.807) is 0 Å². The van der Waals surface area contributed by atoms with Gasteiger partial charge in [0.2, 0.25) is 5.56 Å². The normalized spacial score (nSPS) is 12.1. The molecule has 1 aromatic rings. The second-order valence-corrected chi connectivity index (χ2v) is 4.14. The molecule has 0 aliphatic rings. The van der Waals surface area contributed by atoms with E-state index in [4.69, 9.17) is 0 Å². The van der Waals surface area contributed by atoms with Gasteiger partial charge < -0.3 is 9.88 Å². The molecule has 96 valence electrons. The van der Waals surface area contributed by atoms with Crippen LogP contribution in [0.25, 0.3) is 0 Å². The molecule has 17 heavy (non-hydrogen) atoms. The van der Waals surface area contributed by atoms with Crippen LogP contribution in [0.5, 0.6) is 0 Å². The van der Waals surface area contributed by atoms with E-state index in [0.717, 1.165) is 6.20 Å². The maximum atomic E-state index is 12.7. The van der Waals surface area contributed by atoms with Gasteiger partial charge in [0.1, 0.15) is 0 Å². The SMILES string of the molecule is CN(C)CCCc1c[nH]c(=O)cc1C(F)(F)F. The van der Waals surface area contributed by atoms with E-state index in [9.17, 15) is 18.0 Å². The van der Waals surface area contributed by atoms with E-state index in [1.807, 2.05) is 19.0 Å². The number of H-pyrrole nitrogens is 1. The molecule has 0 aliphatic carbocycles. The Morgan fingerprint density at radius 1 is 1.35 bits per heavy atom. The van der Waals surface area contributed by atoms with Crippen molar-refractivity contribution >= 4 is 0 Å². The minimum atomic E-state index is -4.47. The first-order chi connectivity index (χ1) is 7.80. The summed E-state index contributed by atoms with van der Waals surface area (Å²) >= 11 is 0. The number of nitrogens with zero attached hydrogens (tertiary/aromatic N) is 1. The van der Waals surface area contributed by atoms with Crippen LogP contribution in [0.2, 0.25) is 0 Å². The van der Waals surface area contributed by atoms with Crippen LogP contribution in [-0.4, -0.2) is 30.5 Å². The highest BCUT2D eigenvalue weighted by Crippen LogP contribution is 2.31. The summed E-state index contributed by atoms with van der Waals surface area (Å²) in [5.74, 6) is 0. The fourth-order valence-electron chi connectivity index (χ4n) is 1.56. The molecule has 0 unspecified atom stereocenters. The second kappa shape index (κ2) is 5.35. The lowest BCUT2D eigenvalue weighted by Crippen LogP contribution is -2.18. The highest BCUT2D eigenvalue weighted by Gasteiger charge is 2.33. The number of rotatable bonds is 4. The van der Waals surface area contributed by atoms with E-state index in [1.165, 1.54) is 0 Å². The molecule has 1 N–H and O–H groups in total. The van der Waals surface area contributed by atoms with Crippen LogP contribution in [0.3, 0.4) is 0 Å². The maximum absolute atomic E-state index is 12.7. The van der Waals surface area contributed by atoms with Crippen molar-refractivity contribution in [2.75, 3.05) is 20.6 Å². The van der Waals surface area contributed by atoms with Gasteiger partial charge in [-0.1, -0.05) is 0 Å². The van der Waals surface area contributed by atoms with Crippen molar-refractivity contribution < 1.29 is 13.2 Å². The molecular formula is C11H15F3N2O. The Morgan fingerprint density at radius 2 is 2.00 bits per heavy atom. The minimum absolute atomic E-state index is 0.138. The van der Waals surface area contributed by atoms with Gasteiger partial charge in [0.05, 0.1) is 5.56 Å². The van der Waals surface area contributed by atoms with Crippen molar-refractivity contribution in [2.45, 2.75) is 19.0 Å². The van der Waals surface area contributed by atoms with E-state index in [0.29, 0.717) is 25.5 Å². The standard InChI is InChI=1S/C11H15F3N2O/c1-16(2)5-3-4-8-7-15-10(17)6-9(8)11(12,13)14/h6-7H,3-5H2,1-2H3,(H,15,17). The number of nitrogens with one attached hydrogen (secondary N) is 1. The number of alkyl halides is 3. The zero-order valence-corrected chi connectivity index (χ0v) is 9.77. The molecule has 0 saturated heterocycles. The molecule has 0 radical (unpaired) electrons. The molecule has 6 heteroatoms. The molecule has 0 amide bonds. The first kappa shape index (κ1) is 13.8. The van der Waals surface area contributed by atoms with Crippen molar-refractivity contribution in [1.82, 2.24) is 9.88 Å². The van der Waals surface area contributed by atoms with Crippen LogP contribution in [-0.2, 0) is 12.6 Å². The number of aromatic amines is 1. The molecule has 0 aliphatic heterocycles. The Hall–Kier alpha value is -1.30. The first-order valence-corrected chi connectivity index (χ1v) is 5.24. The number of pyridine rings is 1. The van der Waals surface area contributed by atoms with Crippen LogP contribution >= 0.6 is 0 Å². The number of hydrogen-bond donors (Lipinski definition) is 1. The molecule has 1 aromatic heterocycles. The molecule has 3 nitrogen and oxygen atoms in total. The van der Waals surface area contributed by atoms with Gasteiger partial charge in [-0.3, -0.25) is 4.79 Å². The lowest BCUT2D eigenvalue weighted by Gasteiger charge is -2.13. The van der Waals surface area contributed by atoms with Crippen LogP contribution < -0.4 is 5.56 Å². The van der Waals surface area contributed by atoms with Gasteiger partial charge >= 0.3 is 6.18 Å². The van der Waals surface area contributed by atoms with Crippen molar-refractivity contribution in [2.24, 2.45) is 0 Å². The van der Waals surface area contributed by atoms with Crippen LogP contribution in [0.1, 0.15) is 17.5 Å². The number of aryl methyl sites for hydroxylation is 1. The van der Waals surface area contributed by atoms with Crippen molar-refractivity contribution in [3.63, 3.8) is 0 Å². The lowest BCUT2D eigenvalue weighted by molar-refractivity contribution is -0.138. The Labute approximate surface area is 97.3 Å². The van der Waals surface area contributed by atoms with Crippen molar-refractivity contribution in [3.8, 4) is 0 Å².